The van der Waals surface area contributed by atoms with E-state index in [-0.39, 0.29) is 11.8 Å². The molecule has 8 heteroatoms. The predicted octanol–water partition coefficient (Wildman–Crippen LogP) is 1.03. The molecule has 2 N–H and O–H groups in total. The van der Waals surface area contributed by atoms with Crippen LogP contribution in [0.15, 0.2) is 11.2 Å². The summed E-state index contributed by atoms with van der Waals surface area (Å²) < 4.78 is 0. The number of hydrogen-bond acceptors (Lipinski definition) is 5. The number of aromatic nitrogens is 2. The van der Waals surface area contributed by atoms with Crippen LogP contribution in [0.2, 0.25) is 0 Å². The second-order valence-corrected chi connectivity index (χ2v) is 4.22. The molecular weight excluding hydrogens is 234 g/mol. The first-order valence-electron chi connectivity index (χ1n) is 5.52. The van der Waals surface area contributed by atoms with Crippen LogP contribution in [0.5, 0.6) is 0 Å². The van der Waals surface area contributed by atoms with Gasteiger partial charge in [0, 0.05) is 36.2 Å². The van der Waals surface area contributed by atoms with Crippen molar-refractivity contribution in [2.45, 2.75) is 13.3 Å². The van der Waals surface area contributed by atoms with Gasteiger partial charge in [0.15, 0.2) is 0 Å². The summed E-state index contributed by atoms with van der Waals surface area (Å²) in [5, 5.41) is 3.49. The lowest BCUT2D eigenvalue weighted by Gasteiger charge is -2.14. The van der Waals surface area contributed by atoms with Crippen molar-refractivity contribution in [3.63, 3.8) is 0 Å². The first-order valence-corrected chi connectivity index (χ1v) is 5.52. The molecule has 1 aromatic heterocycles. The van der Waals surface area contributed by atoms with E-state index < -0.39 is 0 Å². The number of carbonyl (C=O) groups is 1. The Balaban J connectivity index is 2.18. The van der Waals surface area contributed by atoms with E-state index in [4.69, 9.17) is 11.3 Å². The average Bonchev–Trinajstić information content (AvgIpc) is 2.66. The van der Waals surface area contributed by atoms with Crippen LogP contribution in [-0.2, 0) is 4.79 Å². The molecule has 2 rings (SSSR count). The fraction of sp³-hybridized carbons (Fsp3) is 0.500. The van der Waals surface area contributed by atoms with Gasteiger partial charge in [0.2, 0.25) is 11.9 Å². The zero-order valence-corrected chi connectivity index (χ0v) is 9.94. The van der Waals surface area contributed by atoms with E-state index in [9.17, 15) is 4.79 Å². The van der Waals surface area contributed by atoms with Crippen molar-refractivity contribution in [2.75, 3.05) is 23.7 Å². The number of azide groups is 1. The van der Waals surface area contributed by atoms with Crippen LogP contribution in [0.25, 0.3) is 10.4 Å². The molecule has 1 aliphatic heterocycles. The Morgan fingerprint density at radius 2 is 2.44 bits per heavy atom. The Morgan fingerprint density at radius 3 is 3.11 bits per heavy atom. The van der Waals surface area contributed by atoms with Gasteiger partial charge in [0.25, 0.3) is 0 Å². The lowest BCUT2D eigenvalue weighted by atomic mass is 10.1. The maximum atomic E-state index is 11.8. The fourth-order valence-electron chi connectivity index (χ4n) is 1.95. The minimum atomic E-state index is -0.0712. The predicted molar refractivity (Wildman–Crippen MR) is 65.7 cm³/mol. The molecule has 1 atom stereocenters. The van der Waals surface area contributed by atoms with E-state index in [1.54, 1.807) is 13.0 Å². The molecule has 1 saturated heterocycles. The number of amides is 1. The summed E-state index contributed by atoms with van der Waals surface area (Å²) in [4.78, 5) is 24.3. The molecule has 2 heterocycles. The average molecular weight is 247 g/mol. The third-order valence-corrected chi connectivity index (χ3v) is 2.71. The standard InChI is InChI=1S/C10H13N7O/c1-6-2-8(11)15-10(14-6)17-5-7(3-9(17)18)4-13-16-12/h2,7H,3-5H2,1H3,(H2,11,14,15). The zero-order chi connectivity index (χ0) is 13.1. The number of nitrogen functional groups attached to an aromatic ring is 1. The molecule has 0 aliphatic carbocycles. The smallest absolute Gasteiger partial charge is 0.234 e. The fourth-order valence-corrected chi connectivity index (χ4v) is 1.95. The first-order chi connectivity index (χ1) is 8.60. The molecule has 1 unspecified atom stereocenters. The van der Waals surface area contributed by atoms with Crippen molar-refractivity contribution in [1.29, 1.82) is 0 Å². The quantitative estimate of drug-likeness (QED) is 0.487. The van der Waals surface area contributed by atoms with Gasteiger partial charge >= 0.3 is 0 Å². The van der Waals surface area contributed by atoms with Gasteiger partial charge in [0.05, 0.1) is 0 Å². The Morgan fingerprint density at radius 1 is 1.67 bits per heavy atom. The molecule has 0 saturated carbocycles. The zero-order valence-electron chi connectivity index (χ0n) is 9.94. The van der Waals surface area contributed by atoms with Crippen LogP contribution in [0.3, 0.4) is 0 Å². The van der Waals surface area contributed by atoms with Gasteiger partial charge < -0.3 is 5.73 Å². The molecule has 0 bridgehead atoms. The van der Waals surface area contributed by atoms with E-state index in [2.05, 4.69) is 20.0 Å². The molecule has 18 heavy (non-hydrogen) atoms. The summed E-state index contributed by atoms with van der Waals surface area (Å²) in [5.74, 6) is 0.599. The lowest BCUT2D eigenvalue weighted by molar-refractivity contribution is -0.117. The minimum Gasteiger partial charge on any atom is -0.384 e. The van der Waals surface area contributed by atoms with E-state index in [0.29, 0.717) is 37.0 Å². The molecule has 1 aromatic rings. The molecule has 94 valence electrons. The highest BCUT2D eigenvalue weighted by molar-refractivity contribution is 5.94. The van der Waals surface area contributed by atoms with E-state index >= 15 is 0 Å². The highest BCUT2D eigenvalue weighted by atomic mass is 16.2. The third kappa shape index (κ3) is 2.49. The van der Waals surface area contributed by atoms with Crippen LogP contribution < -0.4 is 10.6 Å². The van der Waals surface area contributed by atoms with Crippen LogP contribution in [0, 0.1) is 12.8 Å². The number of nitrogens with two attached hydrogens (primary N) is 1. The second-order valence-electron chi connectivity index (χ2n) is 4.22. The Hall–Kier alpha value is -2.34. The largest absolute Gasteiger partial charge is 0.384 e. The van der Waals surface area contributed by atoms with Gasteiger partial charge in [-0.3, -0.25) is 9.69 Å². The van der Waals surface area contributed by atoms with Gasteiger partial charge in [0.1, 0.15) is 5.82 Å². The van der Waals surface area contributed by atoms with Crippen molar-refractivity contribution in [1.82, 2.24) is 9.97 Å². The van der Waals surface area contributed by atoms with Crippen LogP contribution in [-0.4, -0.2) is 29.0 Å². The number of rotatable bonds is 3. The van der Waals surface area contributed by atoms with Crippen molar-refractivity contribution in [2.24, 2.45) is 11.0 Å². The molecule has 8 nitrogen and oxygen atoms in total. The minimum absolute atomic E-state index is 0.0127. The number of aryl methyl sites for hydroxylation is 1. The van der Waals surface area contributed by atoms with Crippen LogP contribution in [0.4, 0.5) is 11.8 Å². The van der Waals surface area contributed by atoms with Crippen LogP contribution in [0.1, 0.15) is 12.1 Å². The van der Waals surface area contributed by atoms with Gasteiger partial charge in [-0.25, -0.2) is 4.98 Å². The summed E-state index contributed by atoms with van der Waals surface area (Å²) in [7, 11) is 0. The summed E-state index contributed by atoms with van der Waals surface area (Å²) >= 11 is 0. The Labute approximate surface area is 103 Å². The monoisotopic (exact) mass is 247 g/mol. The van der Waals surface area contributed by atoms with Crippen molar-refractivity contribution < 1.29 is 4.79 Å². The molecule has 0 radical (unpaired) electrons. The Kier molecular flexibility index (Phi) is 3.29. The van der Waals surface area contributed by atoms with Crippen molar-refractivity contribution >= 4 is 17.7 Å². The maximum Gasteiger partial charge on any atom is 0.234 e. The number of hydrogen-bond donors (Lipinski definition) is 1. The number of carbonyl (C=O) groups excluding carboxylic acids is 1. The summed E-state index contributed by atoms with van der Waals surface area (Å²) in [6.45, 7) is 2.56. The van der Waals surface area contributed by atoms with E-state index in [1.165, 1.54) is 4.90 Å². The summed E-state index contributed by atoms with van der Waals surface area (Å²) in [6.07, 6.45) is 0.343. The second kappa shape index (κ2) is 4.89. The van der Waals surface area contributed by atoms with Gasteiger partial charge in [-0.2, -0.15) is 4.98 Å². The first kappa shape index (κ1) is 12.1. The molecule has 1 aliphatic rings. The molecule has 1 amide bonds. The highest BCUT2D eigenvalue weighted by Gasteiger charge is 2.31. The summed E-state index contributed by atoms with van der Waals surface area (Å²) in [6, 6.07) is 1.64. The number of nitrogens with zero attached hydrogens (tertiary/aromatic N) is 6. The Bertz CT molecular complexity index is 503. The lowest BCUT2D eigenvalue weighted by Crippen LogP contribution is -2.27. The van der Waals surface area contributed by atoms with Gasteiger partial charge in [-0.1, -0.05) is 5.11 Å². The molecule has 0 spiro atoms. The molecular formula is C10H13N7O. The third-order valence-electron chi connectivity index (χ3n) is 2.71. The summed E-state index contributed by atoms with van der Waals surface area (Å²) in [5.41, 5.74) is 14.6. The van der Waals surface area contributed by atoms with Crippen LogP contribution >= 0.6 is 0 Å². The normalized spacial score (nSPS) is 18.8. The number of anilines is 2. The van der Waals surface area contributed by atoms with E-state index in [1.807, 2.05) is 0 Å². The topological polar surface area (TPSA) is 121 Å². The molecule has 0 aromatic carbocycles. The van der Waals surface area contributed by atoms with Gasteiger partial charge in [-0.05, 0) is 18.4 Å². The SMILES string of the molecule is Cc1cc(N)nc(N2CC(CN=[N+]=[N-])CC2=O)n1. The maximum absolute atomic E-state index is 11.8. The molecule has 1 fully saturated rings. The van der Waals surface area contributed by atoms with Crippen molar-refractivity contribution in [3.8, 4) is 0 Å². The highest BCUT2D eigenvalue weighted by Crippen LogP contribution is 2.23. The van der Waals surface area contributed by atoms with Crippen molar-refractivity contribution in [3.05, 3.63) is 22.2 Å². The van der Waals surface area contributed by atoms with E-state index in [0.717, 1.165) is 0 Å². The van der Waals surface area contributed by atoms with Gasteiger partial charge in [-0.15, -0.1) is 0 Å².